The normalized spacial score (nSPS) is 11.5. The standard InChI is InChI=1S/C15H18N2O/c1-15(2,3)11-6-4-10(5-7-11)13-9-8-12(16)14(18)17-13/h4-9H,16H2,1-3H3,(H,17,18). The topological polar surface area (TPSA) is 58.9 Å². The van der Waals surface area contributed by atoms with Gasteiger partial charge in [-0.2, -0.15) is 0 Å². The summed E-state index contributed by atoms with van der Waals surface area (Å²) in [4.78, 5) is 14.2. The van der Waals surface area contributed by atoms with Crippen molar-refractivity contribution in [3.05, 3.63) is 52.3 Å². The van der Waals surface area contributed by atoms with Gasteiger partial charge in [-0.15, -0.1) is 0 Å². The molecule has 0 aliphatic rings. The van der Waals surface area contributed by atoms with E-state index >= 15 is 0 Å². The number of nitrogens with two attached hydrogens (primary N) is 1. The Bertz CT molecular complexity index is 604. The van der Waals surface area contributed by atoms with E-state index in [1.807, 2.05) is 18.2 Å². The Balaban J connectivity index is 2.40. The van der Waals surface area contributed by atoms with E-state index in [1.165, 1.54) is 5.56 Å². The zero-order chi connectivity index (χ0) is 13.3. The first kappa shape index (κ1) is 12.4. The molecular weight excluding hydrogens is 224 g/mol. The number of aromatic amines is 1. The summed E-state index contributed by atoms with van der Waals surface area (Å²) in [7, 11) is 0. The minimum absolute atomic E-state index is 0.132. The molecule has 94 valence electrons. The highest BCUT2D eigenvalue weighted by atomic mass is 16.1. The minimum atomic E-state index is -0.243. The number of pyridine rings is 1. The Kier molecular flexibility index (Phi) is 2.99. The van der Waals surface area contributed by atoms with Crippen LogP contribution in [0.15, 0.2) is 41.2 Å². The minimum Gasteiger partial charge on any atom is -0.394 e. The van der Waals surface area contributed by atoms with Crippen LogP contribution >= 0.6 is 0 Å². The quantitative estimate of drug-likeness (QED) is 0.807. The third-order valence-electron chi connectivity index (χ3n) is 3.00. The first-order valence-electron chi connectivity index (χ1n) is 5.97. The Labute approximate surface area is 107 Å². The van der Waals surface area contributed by atoms with Crippen molar-refractivity contribution in [3.63, 3.8) is 0 Å². The Morgan fingerprint density at radius 2 is 1.61 bits per heavy atom. The third kappa shape index (κ3) is 2.45. The number of hydrogen-bond acceptors (Lipinski definition) is 2. The first-order chi connectivity index (χ1) is 8.38. The number of nitrogens with one attached hydrogen (secondary N) is 1. The number of H-pyrrole nitrogens is 1. The molecule has 0 spiro atoms. The summed E-state index contributed by atoms with van der Waals surface area (Å²) < 4.78 is 0. The van der Waals surface area contributed by atoms with Gasteiger partial charge in [0.15, 0.2) is 0 Å². The van der Waals surface area contributed by atoms with E-state index < -0.39 is 0 Å². The molecule has 0 radical (unpaired) electrons. The summed E-state index contributed by atoms with van der Waals surface area (Å²) >= 11 is 0. The lowest BCUT2D eigenvalue weighted by molar-refractivity contribution is 0.590. The first-order valence-corrected chi connectivity index (χ1v) is 5.97. The molecule has 3 nitrogen and oxygen atoms in total. The highest BCUT2D eigenvalue weighted by Crippen LogP contribution is 2.25. The van der Waals surface area contributed by atoms with Crippen LogP contribution in [0.3, 0.4) is 0 Å². The highest BCUT2D eigenvalue weighted by molar-refractivity contribution is 5.61. The fourth-order valence-corrected chi connectivity index (χ4v) is 1.80. The zero-order valence-electron chi connectivity index (χ0n) is 10.9. The van der Waals surface area contributed by atoms with Gasteiger partial charge in [-0.3, -0.25) is 4.79 Å². The molecule has 0 bridgehead atoms. The highest BCUT2D eigenvalue weighted by Gasteiger charge is 2.13. The smallest absolute Gasteiger partial charge is 0.271 e. The van der Waals surface area contributed by atoms with Crippen molar-refractivity contribution >= 4 is 5.69 Å². The lowest BCUT2D eigenvalue weighted by Crippen LogP contribution is -2.12. The van der Waals surface area contributed by atoms with Crippen LogP contribution in [-0.4, -0.2) is 4.98 Å². The van der Waals surface area contributed by atoms with Crippen LogP contribution in [0, 0.1) is 0 Å². The van der Waals surface area contributed by atoms with E-state index in [0.29, 0.717) is 0 Å². The predicted octanol–water partition coefficient (Wildman–Crippen LogP) is 2.92. The molecule has 1 aromatic carbocycles. The van der Waals surface area contributed by atoms with Gasteiger partial charge in [0.1, 0.15) is 0 Å². The van der Waals surface area contributed by atoms with Gasteiger partial charge < -0.3 is 10.7 Å². The van der Waals surface area contributed by atoms with Crippen molar-refractivity contribution in [1.29, 1.82) is 0 Å². The molecule has 0 aliphatic heterocycles. The second kappa shape index (κ2) is 4.33. The number of aromatic nitrogens is 1. The fourth-order valence-electron chi connectivity index (χ4n) is 1.80. The second-order valence-electron chi connectivity index (χ2n) is 5.48. The third-order valence-corrected chi connectivity index (χ3v) is 3.00. The molecule has 0 aliphatic carbocycles. The molecule has 1 aromatic heterocycles. The van der Waals surface area contributed by atoms with Gasteiger partial charge >= 0.3 is 0 Å². The van der Waals surface area contributed by atoms with Gasteiger partial charge in [0.25, 0.3) is 5.56 Å². The van der Waals surface area contributed by atoms with Crippen molar-refractivity contribution in [2.24, 2.45) is 0 Å². The van der Waals surface area contributed by atoms with Crippen molar-refractivity contribution in [2.75, 3.05) is 5.73 Å². The second-order valence-corrected chi connectivity index (χ2v) is 5.48. The van der Waals surface area contributed by atoms with Crippen molar-refractivity contribution in [1.82, 2.24) is 4.98 Å². The summed E-state index contributed by atoms with van der Waals surface area (Å²) in [5.74, 6) is 0. The van der Waals surface area contributed by atoms with Crippen molar-refractivity contribution < 1.29 is 0 Å². The lowest BCUT2D eigenvalue weighted by atomic mass is 9.86. The van der Waals surface area contributed by atoms with Crippen LogP contribution in [0.5, 0.6) is 0 Å². The van der Waals surface area contributed by atoms with Gasteiger partial charge in [0, 0.05) is 5.69 Å². The maximum Gasteiger partial charge on any atom is 0.271 e. The molecule has 3 heteroatoms. The van der Waals surface area contributed by atoms with E-state index in [4.69, 9.17) is 5.73 Å². The molecule has 0 saturated heterocycles. The molecule has 0 atom stereocenters. The van der Waals surface area contributed by atoms with Crippen molar-refractivity contribution in [3.8, 4) is 11.3 Å². The van der Waals surface area contributed by atoms with Crippen molar-refractivity contribution in [2.45, 2.75) is 26.2 Å². The number of rotatable bonds is 1. The monoisotopic (exact) mass is 242 g/mol. The van der Waals surface area contributed by atoms with Crippen LogP contribution in [0.25, 0.3) is 11.3 Å². The SMILES string of the molecule is CC(C)(C)c1ccc(-c2ccc(N)c(=O)[nH]2)cc1. The molecule has 3 N–H and O–H groups in total. The van der Waals surface area contributed by atoms with Crippen LogP contribution in [0.1, 0.15) is 26.3 Å². The Hall–Kier alpha value is -2.03. The van der Waals surface area contributed by atoms with E-state index in [1.54, 1.807) is 6.07 Å². The average Bonchev–Trinajstić information content (AvgIpc) is 2.32. The van der Waals surface area contributed by atoms with E-state index in [2.05, 4.69) is 37.9 Å². The van der Waals surface area contributed by atoms with Crippen LogP contribution < -0.4 is 11.3 Å². The lowest BCUT2D eigenvalue weighted by Gasteiger charge is -2.19. The molecular formula is C15H18N2O. The molecule has 18 heavy (non-hydrogen) atoms. The summed E-state index contributed by atoms with van der Waals surface area (Å²) in [6.45, 7) is 6.52. The molecule has 1 heterocycles. The Morgan fingerprint density at radius 1 is 1.00 bits per heavy atom. The average molecular weight is 242 g/mol. The maximum atomic E-state index is 11.5. The molecule has 2 aromatic rings. The van der Waals surface area contributed by atoms with Gasteiger partial charge in [0.2, 0.25) is 0 Å². The van der Waals surface area contributed by atoms with E-state index in [0.717, 1.165) is 11.3 Å². The number of benzene rings is 1. The summed E-state index contributed by atoms with van der Waals surface area (Å²) in [6, 6.07) is 11.7. The van der Waals surface area contributed by atoms with Gasteiger partial charge in [-0.05, 0) is 28.7 Å². The molecule has 0 unspecified atom stereocenters. The molecule has 0 amide bonds. The number of nitrogen functional groups attached to an aromatic ring is 1. The summed E-state index contributed by atoms with van der Waals surface area (Å²) in [6.07, 6.45) is 0. The largest absolute Gasteiger partial charge is 0.394 e. The molecule has 2 rings (SSSR count). The van der Waals surface area contributed by atoms with Crippen LogP contribution in [0.2, 0.25) is 0 Å². The van der Waals surface area contributed by atoms with Gasteiger partial charge in [-0.25, -0.2) is 0 Å². The van der Waals surface area contributed by atoms with Crippen LogP contribution in [0.4, 0.5) is 5.69 Å². The summed E-state index contributed by atoms with van der Waals surface area (Å²) in [5, 5.41) is 0. The Morgan fingerprint density at radius 3 is 2.11 bits per heavy atom. The van der Waals surface area contributed by atoms with Gasteiger partial charge in [-0.1, -0.05) is 45.0 Å². The zero-order valence-corrected chi connectivity index (χ0v) is 10.9. The summed E-state index contributed by atoms with van der Waals surface area (Å²) in [5.41, 5.74) is 8.67. The molecule has 0 saturated carbocycles. The fraction of sp³-hybridized carbons (Fsp3) is 0.267. The van der Waals surface area contributed by atoms with Crippen LogP contribution in [-0.2, 0) is 5.41 Å². The van der Waals surface area contributed by atoms with Gasteiger partial charge in [0.05, 0.1) is 5.69 Å². The van der Waals surface area contributed by atoms with E-state index in [9.17, 15) is 4.79 Å². The predicted molar refractivity (Wildman–Crippen MR) is 75.6 cm³/mol. The number of hydrogen-bond donors (Lipinski definition) is 2. The van der Waals surface area contributed by atoms with E-state index in [-0.39, 0.29) is 16.7 Å². The maximum absolute atomic E-state index is 11.5. The number of anilines is 1. The molecule has 0 fully saturated rings.